The normalized spacial score (nSPS) is 20.2. The van der Waals surface area contributed by atoms with Gasteiger partial charge in [0.05, 0.1) is 17.8 Å². The van der Waals surface area contributed by atoms with Gasteiger partial charge >= 0.3 is 0 Å². The van der Waals surface area contributed by atoms with Crippen LogP contribution in [0.25, 0.3) is 11.0 Å². The van der Waals surface area contributed by atoms with Crippen LogP contribution in [0.1, 0.15) is 51.6 Å². The number of aliphatic hydroxyl groups excluding tert-OH is 1. The third kappa shape index (κ3) is 3.95. The van der Waals surface area contributed by atoms with Crippen molar-refractivity contribution in [3.05, 3.63) is 5.69 Å². The Bertz CT molecular complexity index is 752. The zero-order chi connectivity index (χ0) is 18.5. The summed E-state index contributed by atoms with van der Waals surface area (Å²) in [6, 6.07) is -0.00430. The lowest BCUT2D eigenvalue weighted by atomic mass is 9.93. The Morgan fingerprint density at radius 2 is 1.77 bits per heavy atom. The van der Waals surface area contributed by atoms with E-state index in [9.17, 15) is 5.11 Å². The third-order valence-corrected chi connectivity index (χ3v) is 4.76. The topological polar surface area (TPSA) is 108 Å². The highest BCUT2D eigenvalue weighted by atomic mass is 16.3. The minimum absolute atomic E-state index is 0.00430. The first kappa shape index (κ1) is 18.6. The molecule has 2 atom stereocenters. The van der Waals surface area contributed by atoms with E-state index in [2.05, 4.69) is 49.7 Å². The van der Waals surface area contributed by atoms with Gasteiger partial charge in [0.15, 0.2) is 5.82 Å². The van der Waals surface area contributed by atoms with E-state index < -0.39 is 0 Å². The number of nitrogens with zero attached hydrogens (tertiary/aromatic N) is 4. The van der Waals surface area contributed by atoms with Crippen molar-refractivity contribution in [3.8, 4) is 0 Å². The monoisotopic (exact) mass is 359 g/mol. The standard InChI is InChI=1S/C18H29N7O/c1-4-10-20-17-23-14-11(5-2)21-18(24-15(14)16(19-3)25-17)22-12-8-6-7-9-13(12)26/h12-13,26H,4-10H2,1-3H3,(H,21,22,24)(H2,19,20,23,25)/t12-,13-/m0/s1. The maximum Gasteiger partial charge on any atom is 0.225 e. The van der Waals surface area contributed by atoms with Crippen molar-refractivity contribution in [1.82, 2.24) is 19.9 Å². The van der Waals surface area contributed by atoms with Crippen LogP contribution in [0.4, 0.5) is 17.7 Å². The van der Waals surface area contributed by atoms with Gasteiger partial charge in [-0.15, -0.1) is 0 Å². The predicted octanol–water partition coefficient (Wildman–Crippen LogP) is 2.56. The van der Waals surface area contributed by atoms with Crippen LogP contribution >= 0.6 is 0 Å². The highest BCUT2D eigenvalue weighted by molar-refractivity contribution is 5.88. The highest BCUT2D eigenvalue weighted by Crippen LogP contribution is 2.26. The Balaban J connectivity index is 1.99. The van der Waals surface area contributed by atoms with Crippen molar-refractivity contribution < 1.29 is 5.11 Å². The van der Waals surface area contributed by atoms with Crippen molar-refractivity contribution >= 4 is 28.7 Å². The molecular weight excluding hydrogens is 330 g/mol. The molecule has 2 aromatic heterocycles. The van der Waals surface area contributed by atoms with Gasteiger partial charge in [0.2, 0.25) is 11.9 Å². The summed E-state index contributed by atoms with van der Waals surface area (Å²) in [6.07, 6.45) is 5.33. The molecule has 0 aliphatic heterocycles. The van der Waals surface area contributed by atoms with E-state index in [1.807, 2.05) is 7.05 Å². The zero-order valence-electron chi connectivity index (χ0n) is 15.8. The van der Waals surface area contributed by atoms with Gasteiger partial charge in [-0.25, -0.2) is 15.0 Å². The Morgan fingerprint density at radius 3 is 2.46 bits per heavy atom. The van der Waals surface area contributed by atoms with Gasteiger partial charge in [0.1, 0.15) is 11.0 Å². The summed E-state index contributed by atoms with van der Waals surface area (Å²) in [5, 5.41) is 19.9. The van der Waals surface area contributed by atoms with E-state index in [-0.39, 0.29) is 12.1 Å². The highest BCUT2D eigenvalue weighted by Gasteiger charge is 2.24. The molecule has 4 N–H and O–H groups in total. The summed E-state index contributed by atoms with van der Waals surface area (Å²) in [5.41, 5.74) is 2.34. The number of hydrogen-bond acceptors (Lipinski definition) is 8. The van der Waals surface area contributed by atoms with Gasteiger partial charge in [0, 0.05) is 13.6 Å². The van der Waals surface area contributed by atoms with E-state index >= 15 is 0 Å². The minimum Gasteiger partial charge on any atom is -0.391 e. The number of anilines is 3. The number of aromatic nitrogens is 4. The Hall–Kier alpha value is -2.22. The quantitative estimate of drug-likeness (QED) is 0.597. The lowest BCUT2D eigenvalue weighted by Crippen LogP contribution is -2.37. The minimum atomic E-state index is -0.353. The fourth-order valence-corrected chi connectivity index (χ4v) is 3.32. The van der Waals surface area contributed by atoms with Crippen LogP contribution in [0.15, 0.2) is 0 Å². The van der Waals surface area contributed by atoms with E-state index in [0.29, 0.717) is 23.2 Å². The molecule has 142 valence electrons. The second-order valence-corrected chi connectivity index (χ2v) is 6.72. The van der Waals surface area contributed by atoms with Gasteiger partial charge in [-0.2, -0.15) is 4.98 Å². The molecule has 1 saturated carbocycles. The maximum atomic E-state index is 10.2. The molecule has 1 aliphatic carbocycles. The zero-order valence-corrected chi connectivity index (χ0v) is 15.8. The van der Waals surface area contributed by atoms with Crippen LogP contribution in [0.5, 0.6) is 0 Å². The van der Waals surface area contributed by atoms with Crippen molar-refractivity contribution in [2.24, 2.45) is 0 Å². The van der Waals surface area contributed by atoms with Gasteiger partial charge < -0.3 is 21.1 Å². The number of hydrogen-bond donors (Lipinski definition) is 4. The number of fused-ring (bicyclic) bond motifs is 1. The van der Waals surface area contributed by atoms with Crippen LogP contribution < -0.4 is 16.0 Å². The summed E-state index contributed by atoms with van der Waals surface area (Å²) in [6.45, 7) is 4.97. The van der Waals surface area contributed by atoms with E-state index in [1.54, 1.807) is 0 Å². The molecule has 26 heavy (non-hydrogen) atoms. The summed E-state index contributed by atoms with van der Waals surface area (Å²) in [7, 11) is 1.83. The predicted molar refractivity (Wildman–Crippen MR) is 105 cm³/mol. The van der Waals surface area contributed by atoms with Crippen molar-refractivity contribution in [2.45, 2.75) is 64.5 Å². The molecule has 8 nitrogen and oxygen atoms in total. The largest absolute Gasteiger partial charge is 0.391 e. The molecule has 1 fully saturated rings. The third-order valence-electron chi connectivity index (χ3n) is 4.76. The van der Waals surface area contributed by atoms with Crippen LogP contribution in [0.2, 0.25) is 0 Å². The fraction of sp³-hybridized carbons (Fsp3) is 0.667. The van der Waals surface area contributed by atoms with Crippen molar-refractivity contribution in [3.63, 3.8) is 0 Å². The number of aryl methyl sites for hydroxylation is 1. The van der Waals surface area contributed by atoms with Crippen LogP contribution in [-0.4, -0.2) is 50.8 Å². The fourth-order valence-electron chi connectivity index (χ4n) is 3.32. The molecule has 0 radical (unpaired) electrons. The summed E-state index contributed by atoms with van der Waals surface area (Å²) >= 11 is 0. The molecule has 0 bridgehead atoms. The molecule has 8 heteroatoms. The molecule has 0 aromatic carbocycles. The van der Waals surface area contributed by atoms with Crippen LogP contribution in [-0.2, 0) is 6.42 Å². The first-order chi connectivity index (χ1) is 12.7. The smallest absolute Gasteiger partial charge is 0.225 e. The van der Waals surface area contributed by atoms with E-state index in [0.717, 1.165) is 56.3 Å². The molecule has 1 aliphatic rings. The molecule has 0 spiro atoms. The van der Waals surface area contributed by atoms with Crippen molar-refractivity contribution in [2.75, 3.05) is 29.5 Å². The van der Waals surface area contributed by atoms with Crippen LogP contribution in [0.3, 0.4) is 0 Å². The molecule has 0 saturated heterocycles. The summed E-state index contributed by atoms with van der Waals surface area (Å²) in [4.78, 5) is 18.5. The lowest BCUT2D eigenvalue weighted by Gasteiger charge is -2.28. The van der Waals surface area contributed by atoms with Crippen LogP contribution in [0, 0.1) is 0 Å². The van der Waals surface area contributed by atoms with Gasteiger partial charge in [0.25, 0.3) is 0 Å². The summed E-state index contributed by atoms with van der Waals surface area (Å²) < 4.78 is 0. The molecule has 2 aromatic rings. The second kappa shape index (κ2) is 8.44. The molecule has 0 unspecified atom stereocenters. The summed E-state index contributed by atoms with van der Waals surface area (Å²) in [5.74, 6) is 1.80. The number of nitrogens with one attached hydrogen (secondary N) is 3. The average Bonchev–Trinajstić information content (AvgIpc) is 2.67. The molecule has 0 amide bonds. The molecular formula is C18H29N7O. The van der Waals surface area contributed by atoms with Gasteiger partial charge in [-0.3, -0.25) is 0 Å². The second-order valence-electron chi connectivity index (χ2n) is 6.72. The Labute approximate surface area is 154 Å². The maximum absolute atomic E-state index is 10.2. The number of aliphatic hydroxyl groups is 1. The SMILES string of the molecule is CCCNc1nc(NC)c2nc(N[C@H]3CCCC[C@@H]3O)nc(CC)c2n1. The Kier molecular flexibility index (Phi) is 6.03. The van der Waals surface area contributed by atoms with Crippen molar-refractivity contribution in [1.29, 1.82) is 0 Å². The Morgan fingerprint density at radius 1 is 1.00 bits per heavy atom. The van der Waals surface area contributed by atoms with Gasteiger partial charge in [-0.1, -0.05) is 26.7 Å². The first-order valence-corrected chi connectivity index (χ1v) is 9.61. The lowest BCUT2D eigenvalue weighted by molar-refractivity contribution is 0.116. The van der Waals surface area contributed by atoms with E-state index in [4.69, 9.17) is 0 Å². The first-order valence-electron chi connectivity index (χ1n) is 9.61. The van der Waals surface area contributed by atoms with Gasteiger partial charge in [-0.05, 0) is 25.7 Å². The molecule has 3 rings (SSSR count). The average molecular weight is 359 g/mol. The van der Waals surface area contributed by atoms with E-state index in [1.165, 1.54) is 0 Å². The molecule has 2 heterocycles. The number of rotatable bonds is 7.